The average Bonchev–Trinajstić information content (AvgIpc) is 2.56. The Bertz CT molecular complexity index is 774. The van der Waals surface area contributed by atoms with Gasteiger partial charge in [0.1, 0.15) is 0 Å². The van der Waals surface area contributed by atoms with Crippen molar-refractivity contribution in [1.29, 1.82) is 0 Å². The lowest BCUT2D eigenvalue weighted by Crippen LogP contribution is -2.03. The van der Waals surface area contributed by atoms with Gasteiger partial charge in [-0.3, -0.25) is 9.97 Å². The van der Waals surface area contributed by atoms with Gasteiger partial charge in [-0.1, -0.05) is 12.1 Å². The van der Waals surface area contributed by atoms with Crippen LogP contribution in [0.1, 0.15) is 10.5 Å². The number of pyridine rings is 3. The van der Waals surface area contributed by atoms with Crippen LogP contribution in [0, 0.1) is 0 Å². The lowest BCUT2D eigenvalue weighted by molar-refractivity contribution is 0.0691. The Labute approximate surface area is 121 Å². The highest BCUT2D eigenvalue weighted by molar-refractivity contribution is 5.94. The predicted molar refractivity (Wildman–Crippen MR) is 77.7 cm³/mol. The standard InChI is InChI=1S/C16H11N3O2/c20-16(21)15-14(12-4-2-6-18-9-12)7-13(10-19-15)11-3-1-5-17-8-11/h1-10H,(H,20,21). The Morgan fingerprint density at radius 3 is 2.14 bits per heavy atom. The zero-order chi connectivity index (χ0) is 14.7. The molecule has 5 heteroatoms. The monoisotopic (exact) mass is 277 g/mol. The first-order valence-electron chi connectivity index (χ1n) is 6.30. The van der Waals surface area contributed by atoms with Crippen LogP contribution in [-0.4, -0.2) is 26.0 Å². The normalized spacial score (nSPS) is 10.3. The number of aromatic nitrogens is 3. The van der Waals surface area contributed by atoms with E-state index in [1.165, 1.54) is 0 Å². The molecular formula is C16H11N3O2. The van der Waals surface area contributed by atoms with Crippen LogP contribution < -0.4 is 0 Å². The minimum Gasteiger partial charge on any atom is -0.476 e. The summed E-state index contributed by atoms with van der Waals surface area (Å²) in [5, 5.41) is 9.29. The third kappa shape index (κ3) is 2.62. The van der Waals surface area contributed by atoms with E-state index in [0.717, 1.165) is 11.1 Å². The summed E-state index contributed by atoms with van der Waals surface area (Å²) in [7, 11) is 0. The molecule has 3 aromatic heterocycles. The summed E-state index contributed by atoms with van der Waals surface area (Å²) in [5.74, 6) is -1.06. The Kier molecular flexibility index (Phi) is 3.39. The lowest BCUT2D eigenvalue weighted by atomic mass is 10.0. The van der Waals surface area contributed by atoms with E-state index in [4.69, 9.17) is 0 Å². The van der Waals surface area contributed by atoms with Crippen molar-refractivity contribution < 1.29 is 9.90 Å². The van der Waals surface area contributed by atoms with Gasteiger partial charge < -0.3 is 5.11 Å². The second kappa shape index (κ2) is 5.50. The fraction of sp³-hybridized carbons (Fsp3) is 0. The Balaban J connectivity index is 2.18. The van der Waals surface area contributed by atoms with Crippen LogP contribution in [0.5, 0.6) is 0 Å². The van der Waals surface area contributed by atoms with Crippen LogP contribution in [0.4, 0.5) is 0 Å². The fourth-order valence-corrected chi connectivity index (χ4v) is 2.07. The molecule has 21 heavy (non-hydrogen) atoms. The minimum atomic E-state index is -1.06. The zero-order valence-electron chi connectivity index (χ0n) is 11.0. The maximum Gasteiger partial charge on any atom is 0.355 e. The third-order valence-electron chi connectivity index (χ3n) is 3.06. The molecule has 0 saturated heterocycles. The molecule has 102 valence electrons. The molecule has 0 radical (unpaired) electrons. The van der Waals surface area contributed by atoms with Crippen LogP contribution in [0.25, 0.3) is 22.3 Å². The Morgan fingerprint density at radius 1 is 0.905 bits per heavy atom. The van der Waals surface area contributed by atoms with E-state index >= 15 is 0 Å². The van der Waals surface area contributed by atoms with Crippen molar-refractivity contribution in [2.45, 2.75) is 0 Å². The molecule has 0 bridgehead atoms. The summed E-state index contributed by atoms with van der Waals surface area (Å²) in [6, 6.07) is 9.09. The minimum absolute atomic E-state index is 0.00985. The molecule has 5 nitrogen and oxygen atoms in total. The first-order valence-corrected chi connectivity index (χ1v) is 6.30. The molecule has 3 rings (SSSR count). The number of hydrogen-bond acceptors (Lipinski definition) is 4. The van der Waals surface area contributed by atoms with E-state index in [1.807, 2.05) is 18.2 Å². The van der Waals surface area contributed by atoms with E-state index in [0.29, 0.717) is 11.1 Å². The van der Waals surface area contributed by atoms with Crippen molar-refractivity contribution in [3.05, 3.63) is 67.0 Å². The van der Waals surface area contributed by atoms with Gasteiger partial charge in [0.15, 0.2) is 5.69 Å². The van der Waals surface area contributed by atoms with Gasteiger partial charge in [-0.15, -0.1) is 0 Å². The van der Waals surface area contributed by atoms with Gasteiger partial charge in [-0.25, -0.2) is 9.78 Å². The second-order valence-corrected chi connectivity index (χ2v) is 4.41. The van der Waals surface area contributed by atoms with Crippen LogP contribution in [0.2, 0.25) is 0 Å². The number of carbonyl (C=O) groups is 1. The molecule has 0 amide bonds. The van der Waals surface area contributed by atoms with Crippen molar-refractivity contribution in [1.82, 2.24) is 15.0 Å². The van der Waals surface area contributed by atoms with Crippen molar-refractivity contribution in [3.8, 4) is 22.3 Å². The molecule has 0 saturated carbocycles. The van der Waals surface area contributed by atoms with Crippen LogP contribution in [0.15, 0.2) is 61.3 Å². The van der Waals surface area contributed by atoms with Crippen LogP contribution >= 0.6 is 0 Å². The average molecular weight is 277 g/mol. The highest BCUT2D eigenvalue weighted by Crippen LogP contribution is 2.27. The fourth-order valence-electron chi connectivity index (χ4n) is 2.07. The molecule has 0 aliphatic rings. The molecule has 0 fully saturated rings. The highest BCUT2D eigenvalue weighted by Gasteiger charge is 2.15. The van der Waals surface area contributed by atoms with Gasteiger partial charge in [-0.05, 0) is 18.2 Å². The third-order valence-corrected chi connectivity index (χ3v) is 3.06. The van der Waals surface area contributed by atoms with E-state index in [-0.39, 0.29) is 5.69 Å². The largest absolute Gasteiger partial charge is 0.476 e. The SMILES string of the molecule is O=C(O)c1ncc(-c2cccnc2)cc1-c1cccnc1. The molecule has 0 aliphatic heterocycles. The van der Waals surface area contributed by atoms with Crippen LogP contribution in [-0.2, 0) is 0 Å². The van der Waals surface area contributed by atoms with E-state index in [2.05, 4.69) is 15.0 Å². The van der Waals surface area contributed by atoms with E-state index in [9.17, 15) is 9.90 Å². The summed E-state index contributed by atoms with van der Waals surface area (Å²) in [4.78, 5) is 23.5. The second-order valence-electron chi connectivity index (χ2n) is 4.41. The van der Waals surface area contributed by atoms with Crippen molar-refractivity contribution in [3.63, 3.8) is 0 Å². The van der Waals surface area contributed by atoms with Gasteiger partial charge in [0.2, 0.25) is 0 Å². The van der Waals surface area contributed by atoms with Gasteiger partial charge in [0.05, 0.1) is 0 Å². The zero-order valence-corrected chi connectivity index (χ0v) is 11.0. The molecule has 0 aliphatic carbocycles. The Hall–Kier alpha value is -3.08. The highest BCUT2D eigenvalue weighted by atomic mass is 16.4. The molecule has 0 unspecified atom stereocenters. The van der Waals surface area contributed by atoms with Crippen LogP contribution in [0.3, 0.4) is 0 Å². The van der Waals surface area contributed by atoms with Gasteiger partial charge in [0.25, 0.3) is 0 Å². The quantitative estimate of drug-likeness (QED) is 0.796. The van der Waals surface area contributed by atoms with Gasteiger partial charge >= 0.3 is 5.97 Å². The van der Waals surface area contributed by atoms with Gasteiger partial charge in [0, 0.05) is 53.2 Å². The summed E-state index contributed by atoms with van der Waals surface area (Å²) in [6.45, 7) is 0. The van der Waals surface area contributed by atoms with E-state index < -0.39 is 5.97 Å². The molecule has 0 spiro atoms. The van der Waals surface area contributed by atoms with Crippen molar-refractivity contribution in [2.75, 3.05) is 0 Å². The van der Waals surface area contributed by atoms with Crippen molar-refractivity contribution in [2.24, 2.45) is 0 Å². The number of carboxylic acid groups (broad SMARTS) is 1. The maximum absolute atomic E-state index is 11.3. The number of carboxylic acids is 1. The number of aromatic carboxylic acids is 1. The first-order chi connectivity index (χ1) is 10.3. The smallest absolute Gasteiger partial charge is 0.355 e. The predicted octanol–water partition coefficient (Wildman–Crippen LogP) is 2.90. The van der Waals surface area contributed by atoms with Gasteiger partial charge in [-0.2, -0.15) is 0 Å². The van der Waals surface area contributed by atoms with Crippen molar-refractivity contribution >= 4 is 5.97 Å². The number of hydrogen-bond donors (Lipinski definition) is 1. The molecule has 3 aromatic rings. The number of rotatable bonds is 3. The summed E-state index contributed by atoms with van der Waals surface area (Å²) in [6.07, 6.45) is 8.20. The lowest BCUT2D eigenvalue weighted by Gasteiger charge is -2.08. The Morgan fingerprint density at radius 2 is 1.57 bits per heavy atom. The summed E-state index contributed by atoms with van der Waals surface area (Å²) < 4.78 is 0. The molecule has 0 atom stereocenters. The molecule has 0 aromatic carbocycles. The molecular weight excluding hydrogens is 266 g/mol. The summed E-state index contributed by atoms with van der Waals surface area (Å²) in [5.41, 5.74) is 2.96. The topological polar surface area (TPSA) is 76.0 Å². The molecule has 1 N–H and O–H groups in total. The maximum atomic E-state index is 11.3. The van der Waals surface area contributed by atoms with E-state index in [1.54, 1.807) is 43.1 Å². The first kappa shape index (κ1) is 12.9. The summed E-state index contributed by atoms with van der Waals surface area (Å²) >= 11 is 0. The molecule has 3 heterocycles. The number of nitrogens with zero attached hydrogens (tertiary/aromatic N) is 3.